The van der Waals surface area contributed by atoms with Crippen LogP contribution in [0.2, 0.25) is 5.02 Å². The summed E-state index contributed by atoms with van der Waals surface area (Å²) in [6.45, 7) is 2.90. The number of amides is 1. The van der Waals surface area contributed by atoms with Crippen molar-refractivity contribution in [2.24, 2.45) is 0 Å². The first-order valence-electron chi connectivity index (χ1n) is 7.42. The first-order valence-corrected chi connectivity index (χ1v) is 7.80. The molecule has 23 heavy (non-hydrogen) atoms. The van der Waals surface area contributed by atoms with Crippen molar-refractivity contribution in [2.75, 3.05) is 18.1 Å². The molecule has 4 nitrogen and oxygen atoms in total. The van der Waals surface area contributed by atoms with Gasteiger partial charge in [0.05, 0.1) is 17.9 Å². The van der Waals surface area contributed by atoms with E-state index in [-0.39, 0.29) is 0 Å². The highest BCUT2D eigenvalue weighted by Crippen LogP contribution is 2.31. The van der Waals surface area contributed by atoms with E-state index in [2.05, 4.69) is 0 Å². The van der Waals surface area contributed by atoms with Crippen LogP contribution in [-0.4, -0.2) is 24.8 Å². The SMILES string of the molecule is Cc1ccccc1OCCCN1C(=O)C(=O)c2cc(Cl)ccc21. The van der Waals surface area contributed by atoms with Gasteiger partial charge in [0.1, 0.15) is 5.75 Å². The van der Waals surface area contributed by atoms with Crippen LogP contribution >= 0.6 is 11.6 Å². The fourth-order valence-electron chi connectivity index (χ4n) is 2.62. The normalized spacial score (nSPS) is 13.4. The maximum absolute atomic E-state index is 12.1. The number of halogens is 1. The number of nitrogens with zero attached hydrogens (tertiary/aromatic N) is 1. The standard InChI is InChI=1S/C18H16ClNO3/c1-12-5-2-3-6-16(12)23-10-4-9-20-15-8-7-13(19)11-14(15)17(21)18(20)22/h2-3,5-8,11H,4,9-10H2,1H3. The molecule has 3 rings (SSSR count). The van der Waals surface area contributed by atoms with Crippen molar-refractivity contribution in [2.45, 2.75) is 13.3 Å². The fraction of sp³-hybridized carbons (Fsp3) is 0.222. The van der Waals surface area contributed by atoms with Crippen molar-refractivity contribution in [3.63, 3.8) is 0 Å². The Bertz CT molecular complexity index is 773. The van der Waals surface area contributed by atoms with Crippen molar-refractivity contribution in [3.8, 4) is 5.75 Å². The monoisotopic (exact) mass is 329 g/mol. The summed E-state index contributed by atoms with van der Waals surface area (Å²) in [6, 6.07) is 12.7. The molecular formula is C18H16ClNO3. The average Bonchev–Trinajstić information content (AvgIpc) is 2.77. The van der Waals surface area contributed by atoms with E-state index >= 15 is 0 Å². The Balaban J connectivity index is 1.62. The lowest BCUT2D eigenvalue weighted by molar-refractivity contribution is -0.114. The molecule has 0 unspecified atom stereocenters. The van der Waals surface area contributed by atoms with Crippen molar-refractivity contribution in [1.82, 2.24) is 0 Å². The molecule has 0 spiro atoms. The van der Waals surface area contributed by atoms with Gasteiger partial charge in [0.25, 0.3) is 11.7 Å². The Morgan fingerprint density at radius 3 is 2.70 bits per heavy atom. The molecule has 1 amide bonds. The highest BCUT2D eigenvalue weighted by Gasteiger charge is 2.35. The van der Waals surface area contributed by atoms with E-state index in [1.54, 1.807) is 18.2 Å². The van der Waals surface area contributed by atoms with Crippen LogP contribution in [0.5, 0.6) is 5.75 Å². The van der Waals surface area contributed by atoms with Gasteiger partial charge in [-0.2, -0.15) is 0 Å². The van der Waals surface area contributed by atoms with Gasteiger partial charge in [0.15, 0.2) is 0 Å². The number of fused-ring (bicyclic) bond motifs is 1. The van der Waals surface area contributed by atoms with Gasteiger partial charge >= 0.3 is 0 Å². The molecule has 0 radical (unpaired) electrons. The van der Waals surface area contributed by atoms with E-state index in [0.29, 0.717) is 35.8 Å². The van der Waals surface area contributed by atoms with Gasteiger partial charge in [-0.1, -0.05) is 29.8 Å². The number of benzene rings is 2. The Kier molecular flexibility index (Phi) is 4.35. The molecular weight excluding hydrogens is 314 g/mol. The average molecular weight is 330 g/mol. The van der Waals surface area contributed by atoms with Crippen LogP contribution in [0.25, 0.3) is 0 Å². The van der Waals surface area contributed by atoms with E-state index < -0.39 is 11.7 Å². The third-order valence-corrected chi connectivity index (χ3v) is 4.05. The Morgan fingerprint density at radius 1 is 1.13 bits per heavy atom. The minimum atomic E-state index is -0.502. The Morgan fingerprint density at radius 2 is 1.91 bits per heavy atom. The zero-order valence-electron chi connectivity index (χ0n) is 12.7. The summed E-state index contributed by atoms with van der Waals surface area (Å²) in [5, 5.41) is 0.453. The molecule has 0 fully saturated rings. The zero-order valence-corrected chi connectivity index (χ0v) is 13.5. The minimum Gasteiger partial charge on any atom is -0.493 e. The number of hydrogen-bond acceptors (Lipinski definition) is 3. The minimum absolute atomic E-state index is 0.377. The second-order valence-corrected chi connectivity index (χ2v) is 5.85. The Labute approximate surface area is 139 Å². The molecule has 1 heterocycles. The second kappa shape index (κ2) is 6.42. The number of para-hydroxylation sites is 1. The number of hydrogen-bond donors (Lipinski definition) is 0. The first-order chi connectivity index (χ1) is 11.1. The number of ketones is 1. The largest absolute Gasteiger partial charge is 0.493 e. The third-order valence-electron chi connectivity index (χ3n) is 3.81. The van der Waals surface area contributed by atoms with Crippen molar-refractivity contribution >= 4 is 29.0 Å². The maximum atomic E-state index is 12.1. The van der Waals surface area contributed by atoms with Crippen LogP contribution in [0.4, 0.5) is 5.69 Å². The predicted octanol–water partition coefficient (Wildman–Crippen LogP) is 3.65. The molecule has 0 N–H and O–H groups in total. The lowest BCUT2D eigenvalue weighted by Gasteiger charge is -2.17. The molecule has 0 atom stereocenters. The number of carbonyl (C=O) groups excluding carboxylic acids is 2. The smallest absolute Gasteiger partial charge is 0.299 e. The van der Waals surface area contributed by atoms with Gasteiger partial charge in [0, 0.05) is 11.6 Å². The number of aryl methyl sites for hydroxylation is 1. The van der Waals surface area contributed by atoms with Gasteiger partial charge in [-0.05, 0) is 43.2 Å². The lowest BCUT2D eigenvalue weighted by Crippen LogP contribution is -2.31. The van der Waals surface area contributed by atoms with Gasteiger partial charge in [-0.3, -0.25) is 9.59 Å². The highest BCUT2D eigenvalue weighted by atomic mass is 35.5. The molecule has 0 bridgehead atoms. The van der Waals surface area contributed by atoms with E-state index in [0.717, 1.165) is 11.3 Å². The topological polar surface area (TPSA) is 46.6 Å². The molecule has 118 valence electrons. The van der Waals surface area contributed by atoms with Crippen molar-refractivity contribution in [3.05, 3.63) is 58.6 Å². The van der Waals surface area contributed by atoms with Crippen LogP contribution in [-0.2, 0) is 4.79 Å². The molecule has 0 aliphatic carbocycles. The summed E-state index contributed by atoms with van der Waals surface area (Å²) >= 11 is 5.89. The van der Waals surface area contributed by atoms with Crippen LogP contribution in [0, 0.1) is 6.92 Å². The molecule has 0 saturated heterocycles. The number of Topliss-reactive ketones (excluding diaryl/α,β-unsaturated/α-hetero) is 1. The van der Waals surface area contributed by atoms with Crippen LogP contribution in [0.3, 0.4) is 0 Å². The summed E-state index contributed by atoms with van der Waals surface area (Å²) < 4.78 is 5.72. The van der Waals surface area contributed by atoms with E-state index in [1.165, 1.54) is 4.90 Å². The lowest BCUT2D eigenvalue weighted by atomic mass is 10.1. The molecule has 2 aromatic carbocycles. The molecule has 1 aliphatic rings. The van der Waals surface area contributed by atoms with Gasteiger partial charge < -0.3 is 9.64 Å². The zero-order chi connectivity index (χ0) is 16.4. The van der Waals surface area contributed by atoms with Crippen molar-refractivity contribution < 1.29 is 14.3 Å². The van der Waals surface area contributed by atoms with Crippen LogP contribution in [0.1, 0.15) is 22.3 Å². The predicted molar refractivity (Wildman–Crippen MR) is 89.4 cm³/mol. The number of ether oxygens (including phenoxy) is 1. The van der Waals surface area contributed by atoms with Crippen LogP contribution < -0.4 is 9.64 Å². The van der Waals surface area contributed by atoms with Gasteiger partial charge in [-0.15, -0.1) is 0 Å². The van der Waals surface area contributed by atoms with E-state index in [1.807, 2.05) is 31.2 Å². The Hall–Kier alpha value is -2.33. The fourth-order valence-corrected chi connectivity index (χ4v) is 2.79. The third kappa shape index (κ3) is 3.08. The molecule has 5 heteroatoms. The molecule has 0 aromatic heterocycles. The number of rotatable bonds is 5. The quantitative estimate of drug-likeness (QED) is 0.621. The summed E-state index contributed by atoms with van der Waals surface area (Å²) in [7, 11) is 0. The first kappa shape index (κ1) is 15.6. The van der Waals surface area contributed by atoms with Crippen molar-refractivity contribution in [1.29, 1.82) is 0 Å². The molecule has 2 aromatic rings. The van der Waals surface area contributed by atoms with Gasteiger partial charge in [0.2, 0.25) is 0 Å². The van der Waals surface area contributed by atoms with Gasteiger partial charge in [-0.25, -0.2) is 0 Å². The summed E-state index contributed by atoms with van der Waals surface area (Å²) in [4.78, 5) is 25.6. The maximum Gasteiger partial charge on any atom is 0.299 e. The highest BCUT2D eigenvalue weighted by molar-refractivity contribution is 6.52. The number of carbonyl (C=O) groups is 2. The summed E-state index contributed by atoms with van der Waals surface area (Å²) in [5.41, 5.74) is 2.07. The van der Waals surface area contributed by atoms with Crippen LogP contribution in [0.15, 0.2) is 42.5 Å². The molecule has 1 aliphatic heterocycles. The summed E-state index contributed by atoms with van der Waals surface area (Å²) in [6.07, 6.45) is 0.634. The number of anilines is 1. The second-order valence-electron chi connectivity index (χ2n) is 5.41. The molecule has 0 saturated carbocycles. The summed E-state index contributed by atoms with van der Waals surface area (Å²) in [5.74, 6) is -0.163. The van der Waals surface area contributed by atoms with E-state index in [4.69, 9.17) is 16.3 Å². The van der Waals surface area contributed by atoms with E-state index in [9.17, 15) is 9.59 Å².